The van der Waals surface area contributed by atoms with Gasteiger partial charge in [0.1, 0.15) is 18.1 Å². The van der Waals surface area contributed by atoms with Crippen LogP contribution in [0.3, 0.4) is 0 Å². The molecule has 2 aromatic rings. The highest BCUT2D eigenvalue weighted by molar-refractivity contribution is 5.95. The number of hydrogen-bond acceptors (Lipinski definition) is 6. The highest BCUT2D eigenvalue weighted by Crippen LogP contribution is 2.20. The molecule has 0 bridgehead atoms. The molecule has 0 saturated heterocycles. The molecular weight excluding hydrogens is 490 g/mol. The molecule has 8 N–H and O–H groups in total. The Hall–Kier alpha value is -3.44. The Morgan fingerprint density at radius 1 is 0.947 bits per heavy atom. The molecule has 0 radical (unpaired) electrons. The summed E-state index contributed by atoms with van der Waals surface area (Å²) in [4.78, 5) is 54.1. The molecule has 6 unspecified atom stereocenters. The number of para-hydroxylation sites is 1. The Kier molecular flexibility index (Phi) is 11.3. The molecule has 6 atom stereocenters. The van der Waals surface area contributed by atoms with Crippen LogP contribution in [0.15, 0.2) is 30.5 Å². The molecule has 38 heavy (non-hydrogen) atoms. The second-order valence-electron chi connectivity index (χ2n) is 10.3. The summed E-state index contributed by atoms with van der Waals surface area (Å²) < 4.78 is 0. The maximum Gasteiger partial charge on any atom is 0.326 e. The molecule has 0 saturated carbocycles. The predicted molar refractivity (Wildman–Crippen MR) is 144 cm³/mol. The zero-order chi connectivity index (χ0) is 28.6. The number of hydrogen-bond donors (Lipinski definition) is 7. The quantitative estimate of drug-likeness (QED) is 0.190. The van der Waals surface area contributed by atoms with E-state index in [1.165, 1.54) is 6.92 Å². The number of aliphatic hydroxyl groups excluding tert-OH is 1. The number of aromatic nitrogens is 1. The van der Waals surface area contributed by atoms with E-state index >= 15 is 0 Å². The molecule has 1 aromatic carbocycles. The molecule has 0 fully saturated rings. The number of aliphatic carboxylic acids is 1. The minimum atomic E-state index is -1.37. The predicted octanol–water partition coefficient (Wildman–Crippen LogP) is 1.05. The molecule has 0 aliphatic carbocycles. The van der Waals surface area contributed by atoms with Crippen LogP contribution in [0.5, 0.6) is 0 Å². The van der Waals surface area contributed by atoms with Crippen LogP contribution in [0.25, 0.3) is 10.9 Å². The fourth-order valence-corrected chi connectivity index (χ4v) is 4.21. The summed E-state index contributed by atoms with van der Waals surface area (Å²) in [5.41, 5.74) is 7.50. The molecule has 0 spiro atoms. The number of benzene rings is 1. The fraction of sp³-hybridized carbons (Fsp3) is 0.556. The lowest BCUT2D eigenvalue weighted by Gasteiger charge is -2.27. The number of nitrogens with two attached hydrogens (primary N) is 1. The van der Waals surface area contributed by atoms with Gasteiger partial charge in [-0.25, -0.2) is 4.79 Å². The van der Waals surface area contributed by atoms with E-state index in [0.717, 1.165) is 16.5 Å². The van der Waals surface area contributed by atoms with Gasteiger partial charge in [-0.1, -0.05) is 52.3 Å². The Bertz CT molecular complexity index is 1110. The van der Waals surface area contributed by atoms with Gasteiger partial charge in [-0.15, -0.1) is 0 Å². The number of nitrogens with one attached hydrogen (secondary N) is 4. The lowest BCUT2D eigenvalue weighted by molar-refractivity contribution is -0.144. The van der Waals surface area contributed by atoms with E-state index in [2.05, 4.69) is 20.9 Å². The second kappa shape index (κ2) is 13.9. The van der Waals surface area contributed by atoms with E-state index in [9.17, 15) is 29.4 Å². The number of H-pyrrole nitrogens is 1. The summed E-state index contributed by atoms with van der Waals surface area (Å²) in [6.45, 7) is 8.69. The first-order chi connectivity index (χ1) is 17.8. The third kappa shape index (κ3) is 8.29. The van der Waals surface area contributed by atoms with Crippen LogP contribution in [0, 0.1) is 11.8 Å². The molecule has 11 nitrogen and oxygen atoms in total. The van der Waals surface area contributed by atoms with Gasteiger partial charge in [0.25, 0.3) is 0 Å². The van der Waals surface area contributed by atoms with Crippen molar-refractivity contribution in [2.45, 2.75) is 84.2 Å². The van der Waals surface area contributed by atoms with Crippen LogP contribution >= 0.6 is 0 Å². The van der Waals surface area contributed by atoms with Crippen molar-refractivity contribution in [1.82, 2.24) is 20.9 Å². The zero-order valence-corrected chi connectivity index (χ0v) is 22.7. The average molecular weight is 532 g/mol. The van der Waals surface area contributed by atoms with Crippen molar-refractivity contribution in [2.24, 2.45) is 17.6 Å². The molecule has 2 rings (SSSR count). The van der Waals surface area contributed by atoms with E-state index in [1.807, 2.05) is 45.0 Å². The molecule has 210 valence electrons. The number of carboxylic acids is 1. The van der Waals surface area contributed by atoms with E-state index in [-0.39, 0.29) is 18.3 Å². The third-order valence-electron chi connectivity index (χ3n) is 6.63. The number of carbonyl (C=O) groups is 4. The number of carboxylic acid groups (broad SMARTS) is 1. The Balaban J connectivity index is 2.32. The number of fused-ring (bicyclic) bond motifs is 1. The molecule has 0 aliphatic rings. The van der Waals surface area contributed by atoms with Gasteiger partial charge in [-0.05, 0) is 36.8 Å². The number of carbonyl (C=O) groups excluding carboxylic acids is 3. The topological polar surface area (TPSA) is 187 Å². The highest BCUT2D eigenvalue weighted by Gasteiger charge is 2.34. The summed E-state index contributed by atoms with van der Waals surface area (Å²) in [5.74, 6) is -3.47. The normalized spacial score (nSPS) is 16.2. The van der Waals surface area contributed by atoms with E-state index in [0.29, 0.717) is 12.8 Å². The summed E-state index contributed by atoms with van der Waals surface area (Å²) in [6.07, 6.45) is 1.39. The minimum absolute atomic E-state index is 0.0434. The maximum atomic E-state index is 13.4. The van der Waals surface area contributed by atoms with Crippen molar-refractivity contribution in [3.05, 3.63) is 36.0 Å². The zero-order valence-electron chi connectivity index (χ0n) is 22.7. The van der Waals surface area contributed by atoms with Crippen LogP contribution in [-0.2, 0) is 25.6 Å². The van der Waals surface area contributed by atoms with Crippen LogP contribution in [0.1, 0.15) is 53.0 Å². The Labute approximate surface area is 222 Å². The van der Waals surface area contributed by atoms with Crippen LogP contribution < -0.4 is 21.7 Å². The van der Waals surface area contributed by atoms with E-state index in [1.54, 1.807) is 13.1 Å². The first-order valence-electron chi connectivity index (χ1n) is 13.0. The van der Waals surface area contributed by atoms with Gasteiger partial charge in [0, 0.05) is 23.5 Å². The highest BCUT2D eigenvalue weighted by atomic mass is 16.4. The number of rotatable bonds is 14. The van der Waals surface area contributed by atoms with Crippen molar-refractivity contribution >= 4 is 34.6 Å². The van der Waals surface area contributed by atoms with Crippen molar-refractivity contribution in [3.8, 4) is 0 Å². The second-order valence-corrected chi connectivity index (χ2v) is 10.3. The molecule has 1 aromatic heterocycles. The standard InChI is InChI=1S/C27H41N5O6/c1-6-15(4)22(27(37)38)31-25(35)21(12-17-13-29-20-10-8-7-9-18(17)20)30-26(36)23(16(5)33)32-24(34)19(28)11-14(2)3/h7-10,13-16,19,21-23,29,33H,6,11-12,28H2,1-5H3,(H,30,36)(H,31,35)(H,32,34)(H,37,38). The molecular formula is C27H41N5O6. The van der Waals surface area contributed by atoms with Crippen molar-refractivity contribution in [1.29, 1.82) is 0 Å². The minimum Gasteiger partial charge on any atom is -0.480 e. The van der Waals surface area contributed by atoms with Gasteiger partial charge in [0.15, 0.2) is 0 Å². The summed E-state index contributed by atoms with van der Waals surface area (Å²) in [5, 5.41) is 28.4. The first kappa shape index (κ1) is 30.8. The van der Waals surface area contributed by atoms with Gasteiger partial charge >= 0.3 is 5.97 Å². The molecule has 11 heteroatoms. The Morgan fingerprint density at radius 2 is 1.58 bits per heavy atom. The van der Waals surface area contributed by atoms with Crippen molar-refractivity contribution in [3.63, 3.8) is 0 Å². The number of aliphatic hydroxyl groups is 1. The maximum absolute atomic E-state index is 13.4. The largest absolute Gasteiger partial charge is 0.480 e. The summed E-state index contributed by atoms with van der Waals surface area (Å²) in [6, 6.07) is 2.85. The van der Waals surface area contributed by atoms with E-state index < -0.39 is 54.0 Å². The lowest BCUT2D eigenvalue weighted by Crippen LogP contribution is -2.60. The first-order valence-corrected chi connectivity index (χ1v) is 13.0. The van der Waals surface area contributed by atoms with Crippen LogP contribution in [-0.4, -0.2) is 69.2 Å². The number of aromatic amines is 1. The SMILES string of the molecule is CCC(C)C(NC(=O)C(Cc1c[nH]c2ccccc12)NC(=O)C(NC(=O)C(N)CC(C)C)C(C)O)C(=O)O. The smallest absolute Gasteiger partial charge is 0.326 e. The van der Waals surface area contributed by atoms with Gasteiger partial charge < -0.3 is 36.9 Å². The average Bonchev–Trinajstić information content (AvgIpc) is 3.26. The third-order valence-corrected chi connectivity index (χ3v) is 6.63. The number of amides is 3. The van der Waals surface area contributed by atoms with Crippen molar-refractivity contribution in [2.75, 3.05) is 0 Å². The molecule has 1 heterocycles. The van der Waals surface area contributed by atoms with E-state index in [4.69, 9.17) is 5.73 Å². The summed E-state index contributed by atoms with van der Waals surface area (Å²) >= 11 is 0. The van der Waals surface area contributed by atoms with Gasteiger partial charge in [0.05, 0.1) is 12.1 Å². The van der Waals surface area contributed by atoms with Gasteiger partial charge in [-0.2, -0.15) is 0 Å². The molecule has 3 amide bonds. The Morgan fingerprint density at radius 3 is 2.16 bits per heavy atom. The monoisotopic (exact) mass is 531 g/mol. The summed E-state index contributed by atoms with van der Waals surface area (Å²) in [7, 11) is 0. The fourth-order valence-electron chi connectivity index (χ4n) is 4.21. The van der Waals surface area contributed by atoms with Gasteiger partial charge in [-0.3, -0.25) is 14.4 Å². The van der Waals surface area contributed by atoms with Crippen LogP contribution in [0.4, 0.5) is 0 Å². The van der Waals surface area contributed by atoms with Gasteiger partial charge in [0.2, 0.25) is 17.7 Å². The molecule has 0 aliphatic heterocycles. The van der Waals surface area contributed by atoms with Crippen molar-refractivity contribution < 1.29 is 29.4 Å². The lowest BCUT2D eigenvalue weighted by atomic mass is 9.97. The van der Waals surface area contributed by atoms with Crippen LogP contribution in [0.2, 0.25) is 0 Å².